The number of nitrogens with one attached hydrogen (secondary N) is 1. The van der Waals surface area contributed by atoms with E-state index in [1.54, 1.807) is 6.92 Å². The molecule has 1 aliphatic heterocycles. The molecule has 0 aromatic carbocycles. The lowest BCUT2D eigenvalue weighted by Gasteiger charge is -2.33. The van der Waals surface area contributed by atoms with Gasteiger partial charge in [0.2, 0.25) is 5.91 Å². The second-order valence-electron chi connectivity index (χ2n) is 4.47. The van der Waals surface area contributed by atoms with Gasteiger partial charge in [0.1, 0.15) is 6.54 Å². The van der Waals surface area contributed by atoms with E-state index in [0.29, 0.717) is 19.5 Å². The molecular weight excluding hydrogens is 247 g/mol. The standard InChI is InChI=1S/C11H16F3N3O/c1-8(5-15)17-4-2-3-9(6-17)10(18)16-7-11(12,13)14/h8-9H,2-4,6-7H2,1H3,(H,16,18)/t8-,9-/m0/s1. The quantitative estimate of drug-likeness (QED) is 0.834. The van der Waals surface area contributed by atoms with E-state index in [1.807, 2.05) is 10.2 Å². The molecule has 0 aromatic rings. The van der Waals surface area contributed by atoms with Crippen molar-refractivity contribution in [3.63, 3.8) is 0 Å². The molecule has 1 N–H and O–H groups in total. The maximum Gasteiger partial charge on any atom is 0.405 e. The molecule has 7 heteroatoms. The number of amides is 1. The van der Waals surface area contributed by atoms with Gasteiger partial charge in [-0.1, -0.05) is 0 Å². The number of alkyl halides is 3. The molecule has 0 unspecified atom stereocenters. The summed E-state index contributed by atoms with van der Waals surface area (Å²) in [4.78, 5) is 13.4. The second kappa shape index (κ2) is 6.05. The van der Waals surface area contributed by atoms with Gasteiger partial charge in [-0.05, 0) is 26.3 Å². The van der Waals surface area contributed by atoms with E-state index in [0.717, 1.165) is 6.42 Å². The predicted molar refractivity (Wildman–Crippen MR) is 58.4 cm³/mol. The minimum absolute atomic E-state index is 0.316. The van der Waals surface area contributed by atoms with Crippen molar-refractivity contribution in [2.45, 2.75) is 32.0 Å². The number of nitrogens with zero attached hydrogens (tertiary/aromatic N) is 2. The summed E-state index contributed by atoms with van der Waals surface area (Å²) in [6.07, 6.45) is -3.10. The van der Waals surface area contributed by atoms with Gasteiger partial charge in [-0.15, -0.1) is 0 Å². The fourth-order valence-corrected chi connectivity index (χ4v) is 1.99. The summed E-state index contributed by atoms with van der Waals surface area (Å²) in [6.45, 7) is 1.47. The molecule has 4 nitrogen and oxygen atoms in total. The fraction of sp³-hybridized carbons (Fsp3) is 0.818. The summed E-state index contributed by atoms with van der Waals surface area (Å²) in [5.41, 5.74) is 0. The second-order valence-corrected chi connectivity index (χ2v) is 4.47. The first-order valence-electron chi connectivity index (χ1n) is 5.81. The van der Waals surface area contributed by atoms with Crippen molar-refractivity contribution in [3.8, 4) is 6.07 Å². The first-order chi connectivity index (χ1) is 8.33. The molecule has 102 valence electrons. The Morgan fingerprint density at radius 2 is 2.28 bits per heavy atom. The fourth-order valence-electron chi connectivity index (χ4n) is 1.99. The van der Waals surface area contributed by atoms with Crippen LogP contribution < -0.4 is 5.32 Å². The van der Waals surface area contributed by atoms with Gasteiger partial charge in [-0.25, -0.2) is 0 Å². The molecule has 0 spiro atoms. The molecule has 0 radical (unpaired) electrons. The number of carbonyl (C=O) groups is 1. The molecule has 2 atom stereocenters. The lowest BCUT2D eigenvalue weighted by molar-refractivity contribution is -0.141. The normalized spacial score (nSPS) is 23.2. The van der Waals surface area contributed by atoms with Gasteiger partial charge in [0, 0.05) is 6.54 Å². The summed E-state index contributed by atoms with van der Waals surface area (Å²) in [5.74, 6) is -1.04. The van der Waals surface area contributed by atoms with Gasteiger partial charge in [0.05, 0.1) is 18.0 Å². The Morgan fingerprint density at radius 1 is 1.61 bits per heavy atom. The van der Waals surface area contributed by atoms with Crippen molar-refractivity contribution in [2.24, 2.45) is 5.92 Å². The van der Waals surface area contributed by atoms with Crippen molar-refractivity contribution in [1.82, 2.24) is 10.2 Å². The molecule has 1 saturated heterocycles. The van der Waals surface area contributed by atoms with Gasteiger partial charge in [0.25, 0.3) is 0 Å². The van der Waals surface area contributed by atoms with Crippen molar-refractivity contribution in [1.29, 1.82) is 5.26 Å². The van der Waals surface area contributed by atoms with Gasteiger partial charge in [0.15, 0.2) is 0 Å². The highest BCUT2D eigenvalue weighted by Gasteiger charge is 2.32. The van der Waals surface area contributed by atoms with Crippen LogP contribution in [0, 0.1) is 17.2 Å². The van der Waals surface area contributed by atoms with Crippen LogP contribution in [-0.4, -0.2) is 42.7 Å². The average Bonchev–Trinajstić information content (AvgIpc) is 2.34. The summed E-state index contributed by atoms with van der Waals surface area (Å²) in [7, 11) is 0. The third-order valence-corrected chi connectivity index (χ3v) is 3.02. The molecule has 0 saturated carbocycles. The van der Waals surface area contributed by atoms with E-state index in [9.17, 15) is 18.0 Å². The molecule has 1 aliphatic rings. The maximum absolute atomic E-state index is 12.0. The van der Waals surface area contributed by atoms with E-state index in [4.69, 9.17) is 5.26 Å². The van der Waals surface area contributed by atoms with Crippen LogP contribution in [0.3, 0.4) is 0 Å². The number of piperidine rings is 1. The summed E-state index contributed by atoms with van der Waals surface area (Å²) in [5, 5.41) is 10.7. The Bertz CT molecular complexity index is 337. The highest BCUT2D eigenvalue weighted by molar-refractivity contribution is 5.79. The maximum atomic E-state index is 12.0. The molecule has 0 aromatic heterocycles. The highest BCUT2D eigenvalue weighted by atomic mass is 19.4. The van der Waals surface area contributed by atoms with Gasteiger partial charge in [-0.2, -0.15) is 18.4 Å². The van der Waals surface area contributed by atoms with E-state index in [2.05, 4.69) is 6.07 Å². The zero-order valence-electron chi connectivity index (χ0n) is 10.1. The topological polar surface area (TPSA) is 56.1 Å². The molecule has 0 aliphatic carbocycles. The summed E-state index contributed by atoms with van der Waals surface area (Å²) < 4.78 is 35.9. The number of rotatable bonds is 3. The zero-order chi connectivity index (χ0) is 13.8. The summed E-state index contributed by atoms with van der Waals surface area (Å²) in [6, 6.07) is 1.75. The third-order valence-electron chi connectivity index (χ3n) is 3.02. The Balaban J connectivity index is 2.46. The van der Waals surface area contributed by atoms with E-state index < -0.39 is 24.5 Å². The van der Waals surface area contributed by atoms with Crippen LogP contribution >= 0.6 is 0 Å². The number of likely N-dealkylation sites (tertiary alicyclic amines) is 1. The molecule has 0 bridgehead atoms. The number of halogens is 3. The van der Waals surface area contributed by atoms with E-state index in [-0.39, 0.29) is 6.04 Å². The summed E-state index contributed by atoms with van der Waals surface area (Å²) >= 11 is 0. The van der Waals surface area contributed by atoms with E-state index >= 15 is 0 Å². The number of nitriles is 1. The van der Waals surface area contributed by atoms with E-state index in [1.165, 1.54) is 0 Å². The SMILES string of the molecule is C[C@@H](C#N)N1CCC[C@H](C(=O)NCC(F)(F)F)C1. The van der Waals surface area contributed by atoms with Gasteiger partial charge in [-0.3, -0.25) is 9.69 Å². The molecule has 1 rings (SSSR count). The Morgan fingerprint density at radius 3 is 2.83 bits per heavy atom. The van der Waals surface area contributed by atoms with Gasteiger partial charge >= 0.3 is 6.18 Å². The first-order valence-corrected chi connectivity index (χ1v) is 5.81. The lowest BCUT2D eigenvalue weighted by atomic mass is 9.96. The number of hydrogen-bond acceptors (Lipinski definition) is 3. The van der Waals surface area contributed by atoms with Crippen molar-refractivity contribution < 1.29 is 18.0 Å². The number of hydrogen-bond donors (Lipinski definition) is 1. The predicted octanol–water partition coefficient (Wildman–Crippen LogP) is 1.29. The van der Waals surface area contributed by atoms with Crippen LogP contribution in [0.1, 0.15) is 19.8 Å². The molecular formula is C11H16F3N3O. The largest absolute Gasteiger partial charge is 0.405 e. The van der Waals surface area contributed by atoms with Crippen molar-refractivity contribution in [2.75, 3.05) is 19.6 Å². The zero-order valence-corrected chi connectivity index (χ0v) is 10.1. The Hall–Kier alpha value is -1.29. The first kappa shape index (κ1) is 14.8. The highest BCUT2D eigenvalue weighted by Crippen LogP contribution is 2.19. The lowest BCUT2D eigenvalue weighted by Crippen LogP contribution is -2.47. The monoisotopic (exact) mass is 263 g/mol. The number of carbonyl (C=O) groups excluding carboxylic acids is 1. The van der Waals surface area contributed by atoms with Crippen molar-refractivity contribution >= 4 is 5.91 Å². The minimum atomic E-state index is -4.38. The van der Waals surface area contributed by atoms with Crippen molar-refractivity contribution in [3.05, 3.63) is 0 Å². The van der Waals surface area contributed by atoms with Crippen LogP contribution in [0.15, 0.2) is 0 Å². The Labute approximate surface area is 104 Å². The molecule has 1 fully saturated rings. The van der Waals surface area contributed by atoms with Crippen LogP contribution in [-0.2, 0) is 4.79 Å². The molecule has 1 amide bonds. The molecule has 1 heterocycles. The third kappa shape index (κ3) is 4.53. The van der Waals surface area contributed by atoms with Crippen LogP contribution in [0.4, 0.5) is 13.2 Å². The Kier molecular flexibility index (Phi) is 4.96. The van der Waals surface area contributed by atoms with Crippen LogP contribution in [0.5, 0.6) is 0 Å². The smallest absolute Gasteiger partial charge is 0.347 e. The molecule has 18 heavy (non-hydrogen) atoms. The van der Waals surface area contributed by atoms with Crippen LogP contribution in [0.25, 0.3) is 0 Å². The average molecular weight is 263 g/mol. The van der Waals surface area contributed by atoms with Gasteiger partial charge < -0.3 is 5.32 Å². The minimum Gasteiger partial charge on any atom is -0.347 e. The van der Waals surface area contributed by atoms with Crippen LogP contribution in [0.2, 0.25) is 0 Å².